The van der Waals surface area contributed by atoms with Crippen LogP contribution in [0.25, 0.3) is 0 Å². The lowest BCUT2D eigenvalue weighted by Crippen LogP contribution is -2.15. The second-order valence-electron chi connectivity index (χ2n) is 4.03. The minimum atomic E-state index is -2.98. The van der Waals surface area contributed by atoms with Crippen LogP contribution in [0.4, 0.5) is 0 Å². The van der Waals surface area contributed by atoms with Gasteiger partial charge in [-0.1, -0.05) is 0 Å². The number of aryl methyl sites for hydroxylation is 1. The first kappa shape index (κ1) is 12.3. The fourth-order valence-corrected chi connectivity index (χ4v) is 5.08. The summed E-state index contributed by atoms with van der Waals surface area (Å²) in [7, 11) is -2.98. The van der Waals surface area contributed by atoms with E-state index in [0.29, 0.717) is 11.3 Å². The molecule has 0 bridgehead atoms. The largest absolute Gasteiger partial charge is 0.293 e. The molecule has 1 aliphatic heterocycles. The van der Waals surface area contributed by atoms with Gasteiger partial charge >= 0.3 is 0 Å². The quantitative estimate of drug-likeness (QED) is 0.786. The molecule has 88 valence electrons. The number of carbonyl (C=O) groups excluding carboxylic acids is 1. The summed E-state index contributed by atoms with van der Waals surface area (Å²) in [6, 6.07) is 1.82. The average molecular weight is 323 g/mol. The van der Waals surface area contributed by atoms with E-state index in [1.165, 1.54) is 11.3 Å². The van der Waals surface area contributed by atoms with Crippen LogP contribution in [0, 0.1) is 12.8 Å². The van der Waals surface area contributed by atoms with Crippen LogP contribution in [-0.2, 0) is 9.84 Å². The predicted molar refractivity (Wildman–Crippen MR) is 67.8 cm³/mol. The fraction of sp³-hybridized carbons (Fsp3) is 0.500. The van der Waals surface area contributed by atoms with Crippen LogP contribution in [0.1, 0.15) is 21.7 Å². The zero-order valence-corrected chi connectivity index (χ0v) is 11.9. The molecule has 1 aliphatic rings. The number of sulfone groups is 1. The molecular formula is C10H11BrO3S2. The number of carbonyl (C=O) groups is 1. The Morgan fingerprint density at radius 2 is 2.25 bits per heavy atom. The lowest BCUT2D eigenvalue weighted by molar-refractivity contribution is 0.0937. The van der Waals surface area contributed by atoms with E-state index < -0.39 is 9.84 Å². The van der Waals surface area contributed by atoms with Crippen molar-refractivity contribution in [3.63, 3.8) is 0 Å². The molecule has 1 aromatic rings. The summed E-state index contributed by atoms with van der Waals surface area (Å²) in [5, 5.41) is 0. The van der Waals surface area contributed by atoms with Crippen LogP contribution in [-0.4, -0.2) is 25.7 Å². The molecule has 1 atom stereocenters. The molecule has 1 unspecified atom stereocenters. The maximum absolute atomic E-state index is 12.0. The highest BCUT2D eigenvalue weighted by molar-refractivity contribution is 9.11. The van der Waals surface area contributed by atoms with Crippen LogP contribution in [0.15, 0.2) is 9.85 Å². The predicted octanol–water partition coefficient (Wildman–Crippen LogP) is 2.44. The molecular weight excluding hydrogens is 312 g/mol. The first-order chi connectivity index (χ1) is 7.39. The zero-order valence-electron chi connectivity index (χ0n) is 8.70. The SMILES string of the molecule is Cc1cc(C(=O)C2CCS(=O)(=O)C2)sc1Br. The summed E-state index contributed by atoms with van der Waals surface area (Å²) >= 11 is 4.75. The highest BCUT2D eigenvalue weighted by atomic mass is 79.9. The van der Waals surface area contributed by atoms with E-state index >= 15 is 0 Å². The Kier molecular flexibility index (Phi) is 3.25. The van der Waals surface area contributed by atoms with Crippen molar-refractivity contribution in [3.8, 4) is 0 Å². The molecule has 0 amide bonds. The molecule has 0 saturated carbocycles. The lowest BCUT2D eigenvalue weighted by Gasteiger charge is -2.03. The van der Waals surface area contributed by atoms with E-state index in [4.69, 9.17) is 0 Å². The van der Waals surface area contributed by atoms with Crippen LogP contribution in [0.2, 0.25) is 0 Å². The molecule has 0 N–H and O–H groups in total. The van der Waals surface area contributed by atoms with E-state index in [0.717, 1.165) is 9.35 Å². The molecule has 1 fully saturated rings. The molecule has 2 rings (SSSR count). The summed E-state index contributed by atoms with van der Waals surface area (Å²) in [5.74, 6) is -0.204. The Bertz CT molecular complexity index is 511. The van der Waals surface area contributed by atoms with Crippen molar-refractivity contribution in [1.29, 1.82) is 0 Å². The molecule has 16 heavy (non-hydrogen) atoms. The molecule has 1 saturated heterocycles. The van der Waals surface area contributed by atoms with Crippen molar-refractivity contribution in [2.75, 3.05) is 11.5 Å². The molecule has 2 heterocycles. The first-order valence-electron chi connectivity index (χ1n) is 4.89. The van der Waals surface area contributed by atoms with Gasteiger partial charge in [0.15, 0.2) is 15.6 Å². The van der Waals surface area contributed by atoms with Crippen molar-refractivity contribution >= 4 is 42.9 Å². The monoisotopic (exact) mass is 322 g/mol. The summed E-state index contributed by atoms with van der Waals surface area (Å²) in [6.45, 7) is 1.92. The topological polar surface area (TPSA) is 51.2 Å². The van der Waals surface area contributed by atoms with Gasteiger partial charge < -0.3 is 0 Å². The molecule has 0 aliphatic carbocycles. The fourth-order valence-electron chi connectivity index (χ4n) is 1.78. The van der Waals surface area contributed by atoms with Gasteiger partial charge in [0, 0.05) is 5.92 Å². The third-order valence-electron chi connectivity index (χ3n) is 2.70. The highest BCUT2D eigenvalue weighted by Crippen LogP contribution is 2.31. The Balaban J connectivity index is 2.21. The molecule has 1 aromatic heterocycles. The van der Waals surface area contributed by atoms with Gasteiger partial charge in [0.1, 0.15) is 0 Å². The van der Waals surface area contributed by atoms with Crippen molar-refractivity contribution < 1.29 is 13.2 Å². The van der Waals surface area contributed by atoms with Crippen LogP contribution >= 0.6 is 27.3 Å². The van der Waals surface area contributed by atoms with Crippen LogP contribution in [0.5, 0.6) is 0 Å². The highest BCUT2D eigenvalue weighted by Gasteiger charge is 2.34. The van der Waals surface area contributed by atoms with Gasteiger partial charge in [0.25, 0.3) is 0 Å². The van der Waals surface area contributed by atoms with Crippen molar-refractivity contribution in [2.24, 2.45) is 5.92 Å². The number of hydrogen-bond acceptors (Lipinski definition) is 4. The molecule has 0 radical (unpaired) electrons. The second-order valence-corrected chi connectivity index (χ2v) is 8.63. The van der Waals surface area contributed by atoms with Gasteiger partial charge in [0.2, 0.25) is 0 Å². The Morgan fingerprint density at radius 3 is 2.69 bits per heavy atom. The summed E-state index contributed by atoms with van der Waals surface area (Å²) in [4.78, 5) is 12.7. The van der Waals surface area contributed by atoms with Gasteiger partial charge in [-0.05, 0) is 40.9 Å². The maximum Gasteiger partial charge on any atom is 0.176 e. The minimum absolute atomic E-state index is 0.0143. The van der Waals surface area contributed by atoms with E-state index in [1.54, 1.807) is 0 Å². The zero-order chi connectivity index (χ0) is 11.9. The summed E-state index contributed by atoms with van der Waals surface area (Å²) in [6.07, 6.45) is 0.468. The lowest BCUT2D eigenvalue weighted by atomic mass is 10.0. The number of rotatable bonds is 2. The molecule has 0 spiro atoms. The van der Waals surface area contributed by atoms with Gasteiger partial charge in [-0.25, -0.2) is 8.42 Å². The van der Waals surface area contributed by atoms with E-state index in [1.807, 2.05) is 13.0 Å². The number of halogens is 1. The van der Waals surface area contributed by atoms with Crippen molar-refractivity contribution in [3.05, 3.63) is 20.3 Å². The normalized spacial score (nSPS) is 23.5. The standard InChI is InChI=1S/C10H11BrO3S2/c1-6-4-8(15-10(6)11)9(12)7-2-3-16(13,14)5-7/h4,7H,2-3,5H2,1H3. The second kappa shape index (κ2) is 4.23. The van der Waals surface area contributed by atoms with Crippen LogP contribution in [0.3, 0.4) is 0 Å². The third-order valence-corrected chi connectivity index (χ3v) is 6.62. The van der Waals surface area contributed by atoms with E-state index in [-0.39, 0.29) is 23.2 Å². The van der Waals surface area contributed by atoms with Crippen LogP contribution < -0.4 is 0 Å². The first-order valence-corrected chi connectivity index (χ1v) is 8.33. The van der Waals surface area contributed by atoms with Gasteiger partial charge in [-0.2, -0.15) is 0 Å². The molecule has 0 aromatic carbocycles. The van der Waals surface area contributed by atoms with E-state index in [2.05, 4.69) is 15.9 Å². The van der Waals surface area contributed by atoms with Crippen molar-refractivity contribution in [2.45, 2.75) is 13.3 Å². The summed E-state index contributed by atoms with van der Waals surface area (Å²) < 4.78 is 23.5. The average Bonchev–Trinajstić information content (AvgIpc) is 2.70. The van der Waals surface area contributed by atoms with Gasteiger partial charge in [0.05, 0.1) is 20.2 Å². The maximum atomic E-state index is 12.0. The Hall–Kier alpha value is -0.200. The van der Waals surface area contributed by atoms with Crippen molar-refractivity contribution in [1.82, 2.24) is 0 Å². The summed E-state index contributed by atoms with van der Waals surface area (Å²) in [5.41, 5.74) is 1.02. The molecule has 6 heteroatoms. The van der Waals surface area contributed by atoms with E-state index in [9.17, 15) is 13.2 Å². The number of thiophene rings is 1. The van der Waals surface area contributed by atoms with Gasteiger partial charge in [-0.3, -0.25) is 4.79 Å². The minimum Gasteiger partial charge on any atom is -0.293 e. The number of ketones is 1. The number of hydrogen-bond donors (Lipinski definition) is 0. The Labute approximate surface area is 107 Å². The smallest absolute Gasteiger partial charge is 0.176 e. The van der Waals surface area contributed by atoms with Gasteiger partial charge in [-0.15, -0.1) is 11.3 Å². The Morgan fingerprint density at radius 1 is 1.56 bits per heavy atom. The number of Topliss-reactive ketones (excluding diaryl/α,β-unsaturated/α-hetero) is 1. The third kappa shape index (κ3) is 2.38. The molecule has 3 nitrogen and oxygen atoms in total.